The Kier molecular flexibility index (Phi) is 3.25. The highest BCUT2D eigenvalue weighted by atomic mass is 32.1. The molecule has 0 unspecified atom stereocenters. The van der Waals surface area contributed by atoms with Crippen LogP contribution in [0.15, 0.2) is 5.38 Å². The maximum atomic E-state index is 12.2. The van der Waals surface area contributed by atoms with E-state index in [0.717, 1.165) is 17.8 Å². The van der Waals surface area contributed by atoms with Crippen molar-refractivity contribution >= 4 is 17.2 Å². The van der Waals surface area contributed by atoms with Crippen molar-refractivity contribution in [2.24, 2.45) is 5.73 Å². The van der Waals surface area contributed by atoms with Gasteiger partial charge in [-0.2, -0.15) is 0 Å². The predicted molar refractivity (Wildman–Crippen MR) is 64.3 cm³/mol. The first-order valence-corrected chi connectivity index (χ1v) is 6.48. The van der Waals surface area contributed by atoms with Crippen LogP contribution < -0.4 is 5.73 Å². The summed E-state index contributed by atoms with van der Waals surface area (Å²) in [6.45, 7) is 4.50. The van der Waals surface area contributed by atoms with Gasteiger partial charge in [0.05, 0.1) is 0 Å². The summed E-state index contributed by atoms with van der Waals surface area (Å²) in [5.41, 5.74) is 6.04. The van der Waals surface area contributed by atoms with E-state index in [1.165, 1.54) is 11.3 Å². The molecule has 0 spiro atoms. The van der Waals surface area contributed by atoms with Crippen molar-refractivity contribution in [3.63, 3.8) is 0 Å². The van der Waals surface area contributed by atoms with Crippen LogP contribution in [0.25, 0.3) is 0 Å². The highest BCUT2D eigenvalue weighted by Gasteiger charge is 2.35. The van der Waals surface area contributed by atoms with Gasteiger partial charge in [-0.3, -0.25) is 4.79 Å². The lowest BCUT2D eigenvalue weighted by Crippen LogP contribution is -2.38. The summed E-state index contributed by atoms with van der Waals surface area (Å²) in [7, 11) is 0. The molecule has 0 radical (unpaired) electrons. The average Bonchev–Trinajstić information content (AvgIpc) is 2.95. The van der Waals surface area contributed by atoms with Crippen molar-refractivity contribution in [3.05, 3.63) is 16.1 Å². The Bertz CT molecular complexity index is 382. The van der Waals surface area contributed by atoms with E-state index in [2.05, 4.69) is 4.98 Å². The molecule has 1 fully saturated rings. The summed E-state index contributed by atoms with van der Waals surface area (Å²) >= 11 is 1.46. The molecule has 5 heteroatoms. The zero-order chi connectivity index (χ0) is 11.7. The fourth-order valence-corrected chi connectivity index (χ4v) is 2.46. The van der Waals surface area contributed by atoms with E-state index >= 15 is 0 Å². The molecule has 2 N–H and O–H groups in total. The minimum atomic E-state index is 0.0495. The molecule has 1 aromatic heterocycles. The van der Waals surface area contributed by atoms with Gasteiger partial charge in [0.1, 0.15) is 10.7 Å². The summed E-state index contributed by atoms with van der Waals surface area (Å²) in [5.74, 6) is 0.0495. The smallest absolute Gasteiger partial charge is 0.273 e. The van der Waals surface area contributed by atoms with Crippen molar-refractivity contribution in [1.82, 2.24) is 9.88 Å². The molecule has 0 aliphatic heterocycles. The summed E-state index contributed by atoms with van der Waals surface area (Å²) < 4.78 is 0. The van der Waals surface area contributed by atoms with Crippen molar-refractivity contribution in [2.45, 2.75) is 45.3 Å². The van der Waals surface area contributed by atoms with E-state index < -0.39 is 0 Å². The lowest BCUT2D eigenvalue weighted by Gasteiger charge is -2.25. The number of carbonyl (C=O) groups is 1. The van der Waals surface area contributed by atoms with Gasteiger partial charge in [-0.1, -0.05) is 0 Å². The van der Waals surface area contributed by atoms with Crippen LogP contribution in [0, 0.1) is 0 Å². The molecule has 4 nitrogen and oxygen atoms in total. The number of amides is 1. The predicted octanol–water partition coefficient (Wildman–Crippen LogP) is 1.61. The molecule has 1 aromatic rings. The second kappa shape index (κ2) is 4.51. The average molecular weight is 239 g/mol. The van der Waals surface area contributed by atoms with E-state index in [0.29, 0.717) is 18.3 Å². The Morgan fingerprint density at radius 2 is 2.38 bits per heavy atom. The second-order valence-electron chi connectivity index (χ2n) is 4.37. The van der Waals surface area contributed by atoms with E-state index in [1.807, 2.05) is 24.1 Å². The first kappa shape index (κ1) is 11.5. The van der Waals surface area contributed by atoms with Crippen molar-refractivity contribution < 1.29 is 4.79 Å². The number of hydrogen-bond acceptors (Lipinski definition) is 4. The first-order chi connectivity index (χ1) is 7.63. The van der Waals surface area contributed by atoms with Gasteiger partial charge in [0.2, 0.25) is 0 Å². The third-order valence-corrected chi connectivity index (χ3v) is 3.55. The minimum Gasteiger partial charge on any atom is -0.332 e. The van der Waals surface area contributed by atoms with E-state index in [-0.39, 0.29) is 11.9 Å². The fraction of sp³-hybridized carbons (Fsp3) is 0.636. The lowest BCUT2D eigenvalue weighted by atomic mass is 10.2. The van der Waals surface area contributed by atoms with Crippen LogP contribution in [0.5, 0.6) is 0 Å². The standard InChI is InChI=1S/C11H17N3OS/c1-7(2)14(8-3-4-8)11(15)9-6-16-10(5-12)13-9/h6-8H,3-5,12H2,1-2H3. The second-order valence-corrected chi connectivity index (χ2v) is 5.31. The molecule has 88 valence electrons. The third kappa shape index (κ3) is 2.25. The maximum Gasteiger partial charge on any atom is 0.273 e. The molecule has 1 aliphatic rings. The quantitative estimate of drug-likeness (QED) is 0.868. The van der Waals surface area contributed by atoms with Gasteiger partial charge in [-0.05, 0) is 26.7 Å². The normalized spacial score (nSPS) is 15.5. The molecule has 0 bridgehead atoms. The Hall–Kier alpha value is -0.940. The van der Waals surface area contributed by atoms with Crippen LogP contribution in [0.2, 0.25) is 0 Å². The fourth-order valence-electron chi connectivity index (χ4n) is 1.81. The number of carbonyl (C=O) groups excluding carboxylic acids is 1. The topological polar surface area (TPSA) is 59.2 Å². The van der Waals surface area contributed by atoms with E-state index in [9.17, 15) is 4.79 Å². The minimum absolute atomic E-state index is 0.0495. The largest absolute Gasteiger partial charge is 0.332 e. The molecule has 2 rings (SSSR count). The number of nitrogens with two attached hydrogens (primary N) is 1. The number of rotatable bonds is 4. The van der Waals surface area contributed by atoms with Crippen LogP contribution in [0.1, 0.15) is 42.2 Å². The Balaban J connectivity index is 2.15. The van der Waals surface area contributed by atoms with Gasteiger partial charge < -0.3 is 10.6 Å². The molecule has 1 amide bonds. The van der Waals surface area contributed by atoms with Crippen LogP contribution in [-0.4, -0.2) is 27.9 Å². The third-order valence-electron chi connectivity index (χ3n) is 2.68. The molecular weight excluding hydrogens is 222 g/mol. The van der Waals surface area contributed by atoms with E-state index in [1.54, 1.807) is 0 Å². The van der Waals surface area contributed by atoms with E-state index in [4.69, 9.17) is 5.73 Å². The van der Waals surface area contributed by atoms with Crippen LogP contribution >= 0.6 is 11.3 Å². The summed E-state index contributed by atoms with van der Waals surface area (Å²) in [5, 5.41) is 2.63. The Morgan fingerprint density at radius 3 is 2.81 bits per heavy atom. The lowest BCUT2D eigenvalue weighted by molar-refractivity contribution is 0.0685. The summed E-state index contributed by atoms with van der Waals surface area (Å²) in [6.07, 6.45) is 2.25. The SMILES string of the molecule is CC(C)N(C(=O)c1csc(CN)n1)C1CC1. The monoisotopic (exact) mass is 239 g/mol. The molecule has 1 saturated carbocycles. The van der Waals surface area contributed by atoms with Crippen molar-refractivity contribution in [3.8, 4) is 0 Å². The van der Waals surface area contributed by atoms with Crippen molar-refractivity contribution in [2.75, 3.05) is 0 Å². The van der Waals surface area contributed by atoms with Gasteiger partial charge in [-0.25, -0.2) is 4.98 Å². The van der Waals surface area contributed by atoms with Crippen LogP contribution in [-0.2, 0) is 6.54 Å². The highest BCUT2D eigenvalue weighted by molar-refractivity contribution is 7.09. The molecule has 1 heterocycles. The number of thiazole rings is 1. The molecule has 16 heavy (non-hydrogen) atoms. The van der Waals surface area contributed by atoms with Crippen LogP contribution in [0.4, 0.5) is 0 Å². The number of nitrogens with zero attached hydrogens (tertiary/aromatic N) is 2. The van der Waals surface area contributed by atoms with Gasteiger partial charge in [-0.15, -0.1) is 11.3 Å². The Labute approximate surface area is 99.5 Å². The van der Waals surface area contributed by atoms with Crippen molar-refractivity contribution in [1.29, 1.82) is 0 Å². The van der Waals surface area contributed by atoms with Gasteiger partial charge in [0, 0.05) is 24.0 Å². The molecule has 1 aliphatic carbocycles. The molecular formula is C11H17N3OS. The summed E-state index contributed by atoms with van der Waals surface area (Å²) in [4.78, 5) is 18.4. The number of hydrogen-bond donors (Lipinski definition) is 1. The number of aromatic nitrogens is 1. The zero-order valence-corrected chi connectivity index (χ0v) is 10.5. The van der Waals surface area contributed by atoms with Gasteiger partial charge in [0.15, 0.2) is 0 Å². The molecule has 0 aromatic carbocycles. The Morgan fingerprint density at radius 1 is 1.69 bits per heavy atom. The summed E-state index contributed by atoms with van der Waals surface area (Å²) in [6, 6.07) is 0.665. The maximum absolute atomic E-state index is 12.2. The van der Waals surface area contributed by atoms with Crippen LogP contribution in [0.3, 0.4) is 0 Å². The van der Waals surface area contributed by atoms with Gasteiger partial charge in [0.25, 0.3) is 5.91 Å². The zero-order valence-electron chi connectivity index (χ0n) is 9.64. The highest BCUT2D eigenvalue weighted by Crippen LogP contribution is 2.30. The van der Waals surface area contributed by atoms with Gasteiger partial charge >= 0.3 is 0 Å². The first-order valence-electron chi connectivity index (χ1n) is 5.60. The molecule has 0 atom stereocenters. The molecule has 0 saturated heterocycles.